The molecular formula is C10H12N6O. The number of carbonyl (C=O) groups is 1. The molecule has 3 N–H and O–H groups in total. The van der Waals surface area contributed by atoms with E-state index in [9.17, 15) is 4.79 Å². The summed E-state index contributed by atoms with van der Waals surface area (Å²) >= 11 is 0. The number of carbonyl (C=O) groups excluding carboxylic acids is 1. The standard InChI is InChI=1S/C10H12N6O/c1-7(17)12-8-3-2-4-9(5-8)16-10(6-11)13-14-15-16/h2-5H,6,11H2,1H3,(H,12,17). The van der Waals surface area contributed by atoms with Gasteiger partial charge in [0.15, 0.2) is 5.82 Å². The summed E-state index contributed by atoms with van der Waals surface area (Å²) < 4.78 is 1.53. The van der Waals surface area contributed by atoms with Crippen LogP contribution in [0.15, 0.2) is 24.3 Å². The van der Waals surface area contributed by atoms with Gasteiger partial charge in [0.1, 0.15) is 0 Å². The van der Waals surface area contributed by atoms with Crippen LogP contribution in [0.5, 0.6) is 0 Å². The Labute approximate surface area is 97.6 Å². The summed E-state index contributed by atoms with van der Waals surface area (Å²) in [5.74, 6) is 0.433. The Hall–Kier alpha value is -2.28. The van der Waals surface area contributed by atoms with Crippen molar-refractivity contribution in [1.82, 2.24) is 20.2 Å². The van der Waals surface area contributed by atoms with Gasteiger partial charge in [-0.25, -0.2) is 0 Å². The van der Waals surface area contributed by atoms with Crippen molar-refractivity contribution >= 4 is 11.6 Å². The fraction of sp³-hybridized carbons (Fsp3) is 0.200. The first-order valence-electron chi connectivity index (χ1n) is 5.06. The van der Waals surface area contributed by atoms with E-state index in [0.29, 0.717) is 11.5 Å². The number of hydrogen-bond donors (Lipinski definition) is 2. The lowest BCUT2D eigenvalue weighted by molar-refractivity contribution is -0.114. The zero-order valence-corrected chi connectivity index (χ0v) is 9.29. The van der Waals surface area contributed by atoms with E-state index in [-0.39, 0.29) is 12.5 Å². The highest BCUT2D eigenvalue weighted by molar-refractivity contribution is 5.88. The zero-order valence-electron chi connectivity index (χ0n) is 9.29. The smallest absolute Gasteiger partial charge is 0.221 e. The maximum absolute atomic E-state index is 11.0. The number of amides is 1. The summed E-state index contributed by atoms with van der Waals surface area (Å²) in [6.07, 6.45) is 0. The van der Waals surface area contributed by atoms with E-state index in [2.05, 4.69) is 20.8 Å². The van der Waals surface area contributed by atoms with E-state index >= 15 is 0 Å². The molecule has 0 spiro atoms. The highest BCUT2D eigenvalue weighted by Gasteiger charge is 2.06. The number of tetrazole rings is 1. The fourth-order valence-corrected chi connectivity index (χ4v) is 1.45. The first-order valence-corrected chi connectivity index (χ1v) is 5.06. The van der Waals surface area contributed by atoms with Gasteiger partial charge in [-0.05, 0) is 28.6 Å². The van der Waals surface area contributed by atoms with E-state index < -0.39 is 0 Å². The second-order valence-electron chi connectivity index (χ2n) is 3.44. The van der Waals surface area contributed by atoms with Crippen LogP contribution >= 0.6 is 0 Å². The van der Waals surface area contributed by atoms with Crippen LogP contribution in [0.1, 0.15) is 12.7 Å². The van der Waals surface area contributed by atoms with Gasteiger partial charge in [0.05, 0.1) is 12.2 Å². The van der Waals surface area contributed by atoms with Crippen LogP contribution in [-0.4, -0.2) is 26.1 Å². The molecule has 7 heteroatoms. The third-order valence-corrected chi connectivity index (χ3v) is 2.13. The third-order valence-electron chi connectivity index (χ3n) is 2.13. The van der Waals surface area contributed by atoms with Crippen LogP contribution in [0.3, 0.4) is 0 Å². The number of hydrogen-bond acceptors (Lipinski definition) is 5. The van der Waals surface area contributed by atoms with Crippen LogP contribution < -0.4 is 11.1 Å². The molecule has 88 valence electrons. The molecule has 1 amide bonds. The molecule has 0 radical (unpaired) electrons. The monoisotopic (exact) mass is 232 g/mol. The van der Waals surface area contributed by atoms with E-state index in [1.807, 2.05) is 12.1 Å². The predicted molar refractivity (Wildman–Crippen MR) is 61.3 cm³/mol. The summed E-state index contributed by atoms with van der Waals surface area (Å²) in [6.45, 7) is 1.70. The van der Waals surface area contributed by atoms with Crippen LogP contribution in [0.2, 0.25) is 0 Å². The molecular weight excluding hydrogens is 220 g/mol. The Kier molecular flexibility index (Phi) is 3.10. The molecule has 2 aromatic rings. The Morgan fingerprint density at radius 3 is 3.06 bits per heavy atom. The molecule has 7 nitrogen and oxygen atoms in total. The minimum absolute atomic E-state index is 0.127. The number of anilines is 1. The Morgan fingerprint density at radius 1 is 1.53 bits per heavy atom. The van der Waals surface area contributed by atoms with Gasteiger partial charge >= 0.3 is 0 Å². The van der Waals surface area contributed by atoms with Gasteiger partial charge in [0.2, 0.25) is 5.91 Å². The van der Waals surface area contributed by atoms with Crippen molar-refractivity contribution in [2.45, 2.75) is 13.5 Å². The topological polar surface area (TPSA) is 98.7 Å². The van der Waals surface area contributed by atoms with Gasteiger partial charge in [-0.3, -0.25) is 4.79 Å². The highest BCUT2D eigenvalue weighted by Crippen LogP contribution is 2.14. The molecule has 0 aliphatic carbocycles. The maximum Gasteiger partial charge on any atom is 0.221 e. The van der Waals surface area contributed by atoms with E-state index in [4.69, 9.17) is 5.73 Å². The molecule has 0 aliphatic heterocycles. The van der Waals surface area contributed by atoms with Crippen molar-refractivity contribution in [1.29, 1.82) is 0 Å². The van der Waals surface area contributed by atoms with Gasteiger partial charge < -0.3 is 11.1 Å². The second-order valence-corrected chi connectivity index (χ2v) is 3.44. The molecule has 0 bridgehead atoms. The minimum atomic E-state index is -0.127. The van der Waals surface area contributed by atoms with Crippen LogP contribution in [0, 0.1) is 0 Å². The van der Waals surface area contributed by atoms with Crippen LogP contribution in [0.25, 0.3) is 5.69 Å². The average molecular weight is 232 g/mol. The highest BCUT2D eigenvalue weighted by atomic mass is 16.1. The lowest BCUT2D eigenvalue weighted by atomic mass is 10.2. The first-order chi connectivity index (χ1) is 8.20. The van der Waals surface area contributed by atoms with Crippen molar-refractivity contribution < 1.29 is 4.79 Å². The average Bonchev–Trinajstić information content (AvgIpc) is 2.76. The van der Waals surface area contributed by atoms with E-state index in [1.54, 1.807) is 12.1 Å². The third kappa shape index (κ3) is 2.45. The van der Waals surface area contributed by atoms with Crippen molar-refractivity contribution in [2.75, 3.05) is 5.32 Å². The van der Waals surface area contributed by atoms with Crippen LogP contribution in [-0.2, 0) is 11.3 Å². The van der Waals surface area contributed by atoms with Crippen LogP contribution in [0.4, 0.5) is 5.69 Å². The molecule has 1 aromatic heterocycles. The number of nitrogens with zero attached hydrogens (tertiary/aromatic N) is 4. The van der Waals surface area contributed by atoms with Gasteiger partial charge in [-0.15, -0.1) is 5.10 Å². The molecule has 0 aliphatic rings. The Balaban J connectivity index is 2.36. The molecule has 0 atom stereocenters. The molecule has 0 unspecified atom stereocenters. The molecule has 1 aromatic carbocycles. The fourth-order valence-electron chi connectivity index (χ4n) is 1.45. The lowest BCUT2D eigenvalue weighted by Crippen LogP contribution is -2.09. The summed E-state index contributed by atoms with van der Waals surface area (Å²) in [7, 11) is 0. The predicted octanol–water partition coefficient (Wildman–Crippen LogP) is 0.0794. The van der Waals surface area contributed by atoms with Gasteiger partial charge in [0.25, 0.3) is 0 Å². The Bertz CT molecular complexity index is 535. The molecule has 17 heavy (non-hydrogen) atoms. The molecule has 2 rings (SSSR count). The summed E-state index contributed by atoms with van der Waals surface area (Å²) in [5.41, 5.74) is 6.96. The summed E-state index contributed by atoms with van der Waals surface area (Å²) in [6, 6.07) is 7.21. The number of benzene rings is 1. The quantitative estimate of drug-likeness (QED) is 0.780. The maximum atomic E-state index is 11.0. The van der Waals surface area contributed by atoms with Crippen molar-refractivity contribution in [3.05, 3.63) is 30.1 Å². The molecule has 0 saturated carbocycles. The first kappa shape index (κ1) is 11.2. The molecule has 1 heterocycles. The van der Waals surface area contributed by atoms with Crippen molar-refractivity contribution in [3.63, 3.8) is 0 Å². The van der Waals surface area contributed by atoms with Crippen molar-refractivity contribution in [2.24, 2.45) is 5.73 Å². The van der Waals surface area contributed by atoms with Gasteiger partial charge in [-0.2, -0.15) is 4.68 Å². The van der Waals surface area contributed by atoms with Crippen molar-refractivity contribution in [3.8, 4) is 5.69 Å². The van der Waals surface area contributed by atoms with E-state index in [1.165, 1.54) is 11.6 Å². The number of nitrogens with two attached hydrogens (primary N) is 1. The minimum Gasteiger partial charge on any atom is -0.326 e. The largest absolute Gasteiger partial charge is 0.326 e. The van der Waals surface area contributed by atoms with Gasteiger partial charge in [-0.1, -0.05) is 6.07 Å². The Morgan fingerprint density at radius 2 is 2.35 bits per heavy atom. The number of aromatic nitrogens is 4. The zero-order chi connectivity index (χ0) is 12.3. The molecule has 0 saturated heterocycles. The summed E-state index contributed by atoms with van der Waals surface area (Å²) in [4.78, 5) is 11.0. The van der Waals surface area contributed by atoms with Gasteiger partial charge in [0, 0.05) is 12.6 Å². The molecule has 0 fully saturated rings. The lowest BCUT2D eigenvalue weighted by Gasteiger charge is -2.06. The SMILES string of the molecule is CC(=O)Nc1cccc(-n2nnnc2CN)c1. The van der Waals surface area contributed by atoms with E-state index in [0.717, 1.165) is 5.69 Å². The number of rotatable bonds is 3. The second kappa shape index (κ2) is 4.71. The normalized spacial score (nSPS) is 10.2. The summed E-state index contributed by atoms with van der Waals surface area (Å²) in [5, 5.41) is 13.9. The number of nitrogens with one attached hydrogen (secondary N) is 1.